The van der Waals surface area contributed by atoms with E-state index in [4.69, 9.17) is 9.47 Å². The predicted molar refractivity (Wildman–Crippen MR) is 209 cm³/mol. The van der Waals surface area contributed by atoms with E-state index in [1.54, 1.807) is 13.8 Å². The molecule has 0 spiro atoms. The van der Waals surface area contributed by atoms with Gasteiger partial charge in [0.2, 0.25) is 0 Å². The fourth-order valence-corrected chi connectivity index (χ4v) is 6.75. The molecular formula is C43H69F12NO4. The molecule has 0 saturated heterocycles. The second-order valence-electron chi connectivity index (χ2n) is 16.4. The zero-order valence-electron chi connectivity index (χ0n) is 35.9. The maximum atomic E-state index is 12.6. The lowest BCUT2D eigenvalue weighted by atomic mass is 9.90. The number of rotatable bonds is 33. The molecule has 0 aliphatic rings. The van der Waals surface area contributed by atoms with E-state index in [2.05, 4.69) is 19.0 Å². The molecule has 0 heterocycles. The molecule has 0 fully saturated rings. The van der Waals surface area contributed by atoms with Crippen molar-refractivity contribution in [2.75, 3.05) is 33.9 Å². The van der Waals surface area contributed by atoms with Gasteiger partial charge < -0.3 is 14.4 Å². The van der Waals surface area contributed by atoms with Crippen LogP contribution in [0.1, 0.15) is 162 Å². The first-order chi connectivity index (χ1) is 27.8. The topological polar surface area (TPSA) is 55.8 Å². The molecule has 2 unspecified atom stereocenters. The fourth-order valence-electron chi connectivity index (χ4n) is 6.75. The van der Waals surface area contributed by atoms with Crippen molar-refractivity contribution in [2.24, 2.45) is 17.8 Å². The summed E-state index contributed by atoms with van der Waals surface area (Å²) in [5.74, 6) is -0.543. The van der Waals surface area contributed by atoms with Gasteiger partial charge in [-0.1, -0.05) is 103 Å². The summed E-state index contributed by atoms with van der Waals surface area (Å²) in [7, 11) is 4.11. The van der Waals surface area contributed by atoms with Crippen molar-refractivity contribution in [3.63, 3.8) is 0 Å². The smallest absolute Gasteiger partial charge is 0.420 e. The molecule has 60 heavy (non-hydrogen) atoms. The number of unbranched alkanes of at least 4 members (excludes halogenated alkanes) is 9. The van der Waals surface area contributed by atoms with Crippen LogP contribution in [0.3, 0.4) is 0 Å². The van der Waals surface area contributed by atoms with Gasteiger partial charge in [-0.3, -0.25) is 9.59 Å². The molecule has 0 N–H and O–H groups in total. The van der Waals surface area contributed by atoms with Gasteiger partial charge in [0.15, 0.2) is 0 Å². The molecule has 0 aromatic rings. The number of alkyl halides is 12. The summed E-state index contributed by atoms with van der Waals surface area (Å²) in [4.78, 5) is 26.4. The Morgan fingerprint density at radius 2 is 0.783 bits per heavy atom. The highest BCUT2D eigenvalue weighted by Gasteiger charge is 2.51. The van der Waals surface area contributed by atoms with Crippen LogP contribution in [0.15, 0.2) is 23.3 Å². The Morgan fingerprint density at radius 3 is 1.12 bits per heavy atom. The molecule has 0 radical (unpaired) electrons. The number of hydrogen-bond acceptors (Lipinski definition) is 5. The van der Waals surface area contributed by atoms with Gasteiger partial charge in [-0.2, -0.15) is 52.7 Å². The monoisotopic (exact) mass is 892 g/mol. The van der Waals surface area contributed by atoms with Crippen LogP contribution in [0.4, 0.5) is 52.7 Å². The third-order valence-electron chi connectivity index (χ3n) is 10.4. The van der Waals surface area contributed by atoms with Crippen LogP contribution in [-0.2, 0) is 19.1 Å². The Balaban J connectivity index is 4.25. The minimum Gasteiger partial charge on any atom is -0.466 e. The zero-order valence-corrected chi connectivity index (χ0v) is 35.9. The summed E-state index contributed by atoms with van der Waals surface area (Å²) in [5, 5.41) is 0. The Bertz CT molecular complexity index is 1090. The SMILES string of the molecule is CC(CCC=C(C(F)(F)F)C(F)(F)F)CCOC(=O)CCCCCCCC(CCCCCCCC(=O)OCCC(C)CCC=C(C(F)(F)F)C(F)(F)F)CCCCN(C)C. The summed E-state index contributed by atoms with van der Waals surface area (Å²) >= 11 is 0. The predicted octanol–water partition coefficient (Wildman–Crippen LogP) is 14.6. The Labute approximate surface area is 349 Å². The number of esters is 2. The van der Waals surface area contributed by atoms with Gasteiger partial charge in [-0.15, -0.1) is 0 Å². The van der Waals surface area contributed by atoms with E-state index in [1.807, 2.05) is 0 Å². The molecule has 2 atom stereocenters. The van der Waals surface area contributed by atoms with Gasteiger partial charge in [0.25, 0.3) is 0 Å². The van der Waals surface area contributed by atoms with E-state index in [0.29, 0.717) is 31.6 Å². The molecule has 0 aromatic carbocycles. The Morgan fingerprint density at radius 1 is 0.467 bits per heavy atom. The standard InChI is InChI=1S/C43H69F12NO4/c1-33(19-17-24-36(40(44,45)46)41(47,48)49)28-31-59-38(57)26-13-9-5-7-11-21-35(23-15-16-30-56(3)4)22-12-8-6-10-14-27-39(58)60-32-29-34(2)20-18-25-37(42(50,51)52)43(53,54)55/h24-25,33-35H,5-23,26-32H2,1-4H3. The molecule has 0 aliphatic carbocycles. The minimum atomic E-state index is -5.46. The normalized spacial score (nSPS) is 14.2. The largest absolute Gasteiger partial charge is 0.466 e. The fraction of sp³-hybridized carbons (Fsp3) is 0.860. The maximum absolute atomic E-state index is 12.6. The van der Waals surface area contributed by atoms with Crippen molar-refractivity contribution in [3.8, 4) is 0 Å². The van der Waals surface area contributed by atoms with Crippen molar-refractivity contribution in [3.05, 3.63) is 23.3 Å². The molecule has 5 nitrogen and oxygen atoms in total. The third-order valence-corrected chi connectivity index (χ3v) is 10.4. The Kier molecular flexibility index (Phi) is 29.3. The van der Waals surface area contributed by atoms with Crippen LogP contribution in [-0.4, -0.2) is 75.4 Å². The summed E-state index contributed by atoms with van der Waals surface area (Å²) in [6, 6.07) is 0. The van der Waals surface area contributed by atoms with Crippen LogP contribution >= 0.6 is 0 Å². The van der Waals surface area contributed by atoms with Crippen LogP contribution in [0, 0.1) is 17.8 Å². The number of hydrogen-bond donors (Lipinski definition) is 0. The second-order valence-corrected chi connectivity index (χ2v) is 16.4. The quantitative estimate of drug-likeness (QED) is 0.0284. The summed E-state index contributed by atoms with van der Waals surface area (Å²) in [6.07, 6.45) is -5.76. The first kappa shape index (κ1) is 57.5. The number of carbonyl (C=O) groups excluding carboxylic acids is 2. The molecule has 354 valence electrons. The van der Waals surface area contributed by atoms with Gasteiger partial charge in [0.1, 0.15) is 11.1 Å². The van der Waals surface area contributed by atoms with Crippen LogP contribution in [0.25, 0.3) is 0 Å². The second kappa shape index (κ2) is 30.6. The zero-order chi connectivity index (χ0) is 45.8. The highest BCUT2D eigenvalue weighted by Crippen LogP contribution is 2.40. The van der Waals surface area contributed by atoms with E-state index < -0.39 is 35.9 Å². The van der Waals surface area contributed by atoms with E-state index >= 15 is 0 Å². The highest BCUT2D eigenvalue weighted by atomic mass is 19.4. The van der Waals surface area contributed by atoms with Crippen molar-refractivity contribution in [1.29, 1.82) is 0 Å². The molecule has 0 aromatic heterocycles. The molecule has 17 heteroatoms. The van der Waals surface area contributed by atoms with Crippen LogP contribution < -0.4 is 0 Å². The Hall–Kier alpha value is -2.46. The molecule has 0 amide bonds. The van der Waals surface area contributed by atoms with E-state index in [-0.39, 0.29) is 87.7 Å². The highest BCUT2D eigenvalue weighted by molar-refractivity contribution is 5.69. The molecule has 0 saturated carbocycles. The van der Waals surface area contributed by atoms with Crippen molar-refractivity contribution in [2.45, 2.75) is 186 Å². The number of nitrogens with zero attached hydrogens (tertiary/aromatic N) is 1. The third kappa shape index (κ3) is 31.4. The van der Waals surface area contributed by atoms with E-state index in [0.717, 1.165) is 83.6 Å². The van der Waals surface area contributed by atoms with Gasteiger partial charge in [-0.05, 0) is 96.2 Å². The van der Waals surface area contributed by atoms with E-state index in [9.17, 15) is 62.3 Å². The lowest BCUT2D eigenvalue weighted by Crippen LogP contribution is -2.26. The van der Waals surface area contributed by atoms with Crippen molar-refractivity contribution < 1.29 is 71.7 Å². The van der Waals surface area contributed by atoms with Gasteiger partial charge in [0.05, 0.1) is 13.2 Å². The molecule has 0 aliphatic heterocycles. The summed E-state index contributed by atoms with van der Waals surface area (Å²) < 4.78 is 162. The van der Waals surface area contributed by atoms with Gasteiger partial charge >= 0.3 is 36.6 Å². The van der Waals surface area contributed by atoms with Crippen molar-refractivity contribution in [1.82, 2.24) is 4.90 Å². The first-order valence-electron chi connectivity index (χ1n) is 21.5. The first-order valence-corrected chi connectivity index (χ1v) is 21.5. The van der Waals surface area contributed by atoms with E-state index in [1.165, 1.54) is 6.42 Å². The lowest BCUT2D eigenvalue weighted by molar-refractivity contribution is -0.173. The maximum Gasteiger partial charge on any atom is 0.420 e. The minimum absolute atomic E-state index is 0.0635. The molecule has 0 bridgehead atoms. The van der Waals surface area contributed by atoms with Gasteiger partial charge in [-0.25, -0.2) is 0 Å². The molecule has 0 rings (SSSR count). The van der Waals surface area contributed by atoms with Gasteiger partial charge in [0, 0.05) is 12.8 Å². The number of allylic oxidation sites excluding steroid dienone is 4. The average Bonchev–Trinajstić information content (AvgIpc) is 3.10. The average molecular weight is 892 g/mol. The van der Waals surface area contributed by atoms with Crippen LogP contribution in [0.5, 0.6) is 0 Å². The lowest BCUT2D eigenvalue weighted by Gasteiger charge is -2.18. The summed E-state index contributed by atoms with van der Waals surface area (Å²) in [6.45, 7) is 4.54. The van der Waals surface area contributed by atoms with Crippen LogP contribution in [0.2, 0.25) is 0 Å². The number of ether oxygens (including phenoxy) is 2. The number of halogens is 12. The number of carbonyl (C=O) groups is 2. The molecular weight excluding hydrogens is 822 g/mol. The van der Waals surface area contributed by atoms with Crippen molar-refractivity contribution >= 4 is 11.9 Å². The summed E-state index contributed by atoms with van der Waals surface area (Å²) in [5.41, 5.74) is -5.00.